The van der Waals surface area contributed by atoms with Gasteiger partial charge in [0, 0.05) is 23.9 Å². The number of aromatic nitrogens is 2. The van der Waals surface area contributed by atoms with Crippen LogP contribution in [0.1, 0.15) is 46.6 Å². The summed E-state index contributed by atoms with van der Waals surface area (Å²) < 4.78 is 6.97. The SMILES string of the molecule is CO[C@H]1CCCC[C@@H]1NC(=O)c1cnc2sc(C)c(C)n2c1=O. The smallest absolute Gasteiger partial charge is 0.271 e. The van der Waals surface area contributed by atoms with Crippen molar-refractivity contribution in [3.05, 3.63) is 32.7 Å². The lowest BCUT2D eigenvalue weighted by Crippen LogP contribution is -2.47. The predicted molar refractivity (Wildman–Crippen MR) is 89.3 cm³/mol. The molecule has 7 heteroatoms. The van der Waals surface area contributed by atoms with Crippen LogP contribution >= 0.6 is 11.3 Å². The molecule has 1 N–H and O–H groups in total. The number of aryl methyl sites for hydroxylation is 2. The lowest BCUT2D eigenvalue weighted by molar-refractivity contribution is 0.0392. The van der Waals surface area contributed by atoms with E-state index < -0.39 is 0 Å². The highest BCUT2D eigenvalue weighted by atomic mass is 32.1. The molecule has 6 nitrogen and oxygen atoms in total. The monoisotopic (exact) mass is 335 g/mol. The van der Waals surface area contributed by atoms with Crippen molar-refractivity contribution in [3.63, 3.8) is 0 Å². The molecule has 1 saturated carbocycles. The van der Waals surface area contributed by atoms with E-state index in [0.717, 1.165) is 36.3 Å². The van der Waals surface area contributed by atoms with Crippen molar-refractivity contribution in [2.75, 3.05) is 7.11 Å². The molecule has 23 heavy (non-hydrogen) atoms. The molecule has 0 aromatic carbocycles. The molecule has 0 radical (unpaired) electrons. The maximum Gasteiger partial charge on any atom is 0.271 e. The third-order valence-corrected chi connectivity index (χ3v) is 5.66. The van der Waals surface area contributed by atoms with Crippen LogP contribution in [0, 0.1) is 13.8 Å². The first kappa shape index (κ1) is 16.1. The van der Waals surface area contributed by atoms with Crippen LogP contribution in [-0.4, -0.2) is 34.5 Å². The summed E-state index contributed by atoms with van der Waals surface area (Å²) in [4.78, 5) is 31.1. The standard InChI is InChI=1S/C16H21N3O3S/c1-9-10(2)23-16-17-8-11(15(21)19(9)16)14(20)18-12-6-4-5-7-13(12)22-3/h8,12-13H,4-7H2,1-3H3,(H,18,20)/t12-,13-/m0/s1. The molecule has 1 aliphatic carbocycles. The first-order valence-electron chi connectivity index (χ1n) is 7.84. The molecule has 2 atom stereocenters. The van der Waals surface area contributed by atoms with Crippen molar-refractivity contribution in [2.24, 2.45) is 0 Å². The van der Waals surface area contributed by atoms with Gasteiger partial charge in [0.2, 0.25) is 0 Å². The number of thiazole rings is 1. The summed E-state index contributed by atoms with van der Waals surface area (Å²) in [5.74, 6) is -0.367. The van der Waals surface area contributed by atoms with Crippen molar-refractivity contribution in [1.29, 1.82) is 0 Å². The van der Waals surface area contributed by atoms with Gasteiger partial charge in [-0.2, -0.15) is 0 Å². The Morgan fingerprint density at radius 2 is 2.13 bits per heavy atom. The number of hydrogen-bond acceptors (Lipinski definition) is 5. The Bertz CT molecular complexity index is 796. The van der Waals surface area contributed by atoms with Gasteiger partial charge in [0.05, 0.1) is 12.1 Å². The number of rotatable bonds is 3. The number of carbonyl (C=O) groups is 1. The number of amides is 1. The van der Waals surface area contributed by atoms with Crippen LogP contribution in [-0.2, 0) is 4.74 Å². The van der Waals surface area contributed by atoms with Crippen molar-refractivity contribution >= 4 is 22.2 Å². The Morgan fingerprint density at radius 1 is 1.39 bits per heavy atom. The lowest BCUT2D eigenvalue weighted by Gasteiger charge is -2.30. The second-order valence-electron chi connectivity index (χ2n) is 5.98. The summed E-state index contributed by atoms with van der Waals surface area (Å²) in [5.41, 5.74) is 0.618. The van der Waals surface area contributed by atoms with Crippen LogP contribution in [0.25, 0.3) is 4.96 Å². The van der Waals surface area contributed by atoms with Gasteiger partial charge in [-0.05, 0) is 26.7 Å². The molecule has 1 aliphatic rings. The molecule has 0 bridgehead atoms. The number of fused-ring (bicyclic) bond motifs is 1. The van der Waals surface area contributed by atoms with E-state index in [9.17, 15) is 9.59 Å². The molecule has 0 unspecified atom stereocenters. The summed E-state index contributed by atoms with van der Waals surface area (Å²) in [6.07, 6.45) is 5.36. The number of nitrogens with zero attached hydrogens (tertiary/aromatic N) is 2. The molecular formula is C16H21N3O3S. The van der Waals surface area contributed by atoms with E-state index in [1.807, 2.05) is 13.8 Å². The fourth-order valence-electron chi connectivity index (χ4n) is 3.12. The van der Waals surface area contributed by atoms with Gasteiger partial charge in [-0.3, -0.25) is 14.0 Å². The summed E-state index contributed by atoms with van der Waals surface area (Å²) >= 11 is 1.45. The highest BCUT2D eigenvalue weighted by Crippen LogP contribution is 2.21. The van der Waals surface area contributed by atoms with Crippen LogP contribution < -0.4 is 10.9 Å². The van der Waals surface area contributed by atoms with E-state index in [0.29, 0.717) is 4.96 Å². The van der Waals surface area contributed by atoms with Gasteiger partial charge in [-0.25, -0.2) is 4.98 Å². The van der Waals surface area contributed by atoms with E-state index in [-0.39, 0.29) is 29.2 Å². The first-order valence-corrected chi connectivity index (χ1v) is 8.66. The Kier molecular flexibility index (Phi) is 4.50. The number of nitrogens with one attached hydrogen (secondary N) is 1. The van der Waals surface area contributed by atoms with Crippen molar-refractivity contribution in [3.8, 4) is 0 Å². The predicted octanol–water partition coefficient (Wildman–Crippen LogP) is 2.06. The molecule has 124 valence electrons. The highest BCUT2D eigenvalue weighted by molar-refractivity contribution is 7.17. The fraction of sp³-hybridized carbons (Fsp3) is 0.562. The normalized spacial score (nSPS) is 21.5. The van der Waals surface area contributed by atoms with Crippen LogP contribution in [0.15, 0.2) is 11.0 Å². The molecular weight excluding hydrogens is 314 g/mol. The highest BCUT2D eigenvalue weighted by Gasteiger charge is 2.27. The van der Waals surface area contributed by atoms with E-state index in [1.54, 1.807) is 7.11 Å². The van der Waals surface area contributed by atoms with Crippen molar-refractivity contribution in [1.82, 2.24) is 14.7 Å². The van der Waals surface area contributed by atoms with Gasteiger partial charge in [0.1, 0.15) is 5.56 Å². The molecule has 2 aromatic rings. The minimum Gasteiger partial charge on any atom is -0.379 e. The second kappa shape index (κ2) is 6.41. The van der Waals surface area contributed by atoms with Crippen molar-refractivity contribution < 1.29 is 9.53 Å². The third-order valence-electron chi connectivity index (χ3n) is 4.58. The number of carbonyl (C=O) groups excluding carboxylic acids is 1. The van der Waals surface area contributed by atoms with Crippen LogP contribution in [0.2, 0.25) is 0 Å². The minimum absolute atomic E-state index is 0.0114. The van der Waals surface area contributed by atoms with Gasteiger partial charge < -0.3 is 10.1 Å². The summed E-state index contributed by atoms with van der Waals surface area (Å²) in [6.45, 7) is 3.81. The van der Waals surface area contributed by atoms with Gasteiger partial charge in [0.15, 0.2) is 4.96 Å². The number of hydrogen-bond donors (Lipinski definition) is 1. The molecule has 3 rings (SSSR count). The zero-order chi connectivity index (χ0) is 16.6. The second-order valence-corrected chi connectivity index (χ2v) is 7.16. The summed E-state index contributed by atoms with van der Waals surface area (Å²) in [6, 6.07) is -0.0494. The Morgan fingerprint density at radius 3 is 2.87 bits per heavy atom. The van der Waals surface area contributed by atoms with Gasteiger partial charge in [-0.15, -0.1) is 11.3 Å². The molecule has 1 amide bonds. The Hall–Kier alpha value is -1.73. The number of methoxy groups -OCH3 is 1. The average Bonchev–Trinajstić information content (AvgIpc) is 2.83. The quantitative estimate of drug-likeness (QED) is 0.932. The molecule has 0 spiro atoms. The van der Waals surface area contributed by atoms with Gasteiger partial charge >= 0.3 is 0 Å². The largest absolute Gasteiger partial charge is 0.379 e. The van der Waals surface area contributed by atoms with Crippen LogP contribution in [0.5, 0.6) is 0 Å². The van der Waals surface area contributed by atoms with E-state index in [4.69, 9.17) is 4.74 Å². The molecule has 2 aromatic heterocycles. The molecule has 0 saturated heterocycles. The Balaban J connectivity index is 1.90. The van der Waals surface area contributed by atoms with E-state index in [1.165, 1.54) is 21.9 Å². The maximum atomic E-state index is 12.6. The molecule has 0 aliphatic heterocycles. The van der Waals surface area contributed by atoms with Crippen LogP contribution in [0.3, 0.4) is 0 Å². The van der Waals surface area contributed by atoms with E-state index >= 15 is 0 Å². The zero-order valence-electron chi connectivity index (χ0n) is 13.6. The fourth-order valence-corrected chi connectivity index (χ4v) is 4.05. The first-order chi connectivity index (χ1) is 11.0. The van der Waals surface area contributed by atoms with Gasteiger partial charge in [0.25, 0.3) is 11.5 Å². The summed E-state index contributed by atoms with van der Waals surface area (Å²) in [7, 11) is 1.66. The zero-order valence-corrected chi connectivity index (χ0v) is 14.4. The summed E-state index contributed by atoms with van der Waals surface area (Å²) in [5, 5.41) is 2.95. The third kappa shape index (κ3) is 2.90. The Labute approximate surface area is 138 Å². The maximum absolute atomic E-state index is 12.6. The minimum atomic E-state index is -0.367. The average molecular weight is 335 g/mol. The van der Waals surface area contributed by atoms with Crippen molar-refractivity contribution in [2.45, 2.75) is 51.7 Å². The molecule has 1 fully saturated rings. The lowest BCUT2D eigenvalue weighted by atomic mass is 9.92. The molecule has 2 heterocycles. The van der Waals surface area contributed by atoms with Crippen LogP contribution in [0.4, 0.5) is 0 Å². The topological polar surface area (TPSA) is 72.7 Å². The number of ether oxygens (including phenoxy) is 1. The van der Waals surface area contributed by atoms with E-state index in [2.05, 4.69) is 10.3 Å². The van der Waals surface area contributed by atoms with Gasteiger partial charge in [-0.1, -0.05) is 12.8 Å².